The molecule has 1 aromatic rings. The van der Waals surface area contributed by atoms with Crippen molar-refractivity contribution in [2.75, 3.05) is 13.2 Å². The quantitative estimate of drug-likeness (QED) is 0.906. The molecule has 1 N–H and O–H groups in total. The van der Waals surface area contributed by atoms with Crippen LogP contribution in [0.4, 0.5) is 0 Å². The topological polar surface area (TPSA) is 38.7 Å². The molecular formula is C16H22O3. The number of aliphatic hydroxyl groups excluding tert-OH is 1. The maximum Gasteiger partial charge on any atom is 0.119 e. The van der Waals surface area contributed by atoms with Crippen LogP contribution in [0.15, 0.2) is 18.2 Å². The number of fused-ring (bicyclic) bond motifs is 1. The Bertz CT molecular complexity index is 424. The van der Waals surface area contributed by atoms with E-state index in [0.717, 1.165) is 50.0 Å². The molecule has 0 amide bonds. The Labute approximate surface area is 114 Å². The summed E-state index contributed by atoms with van der Waals surface area (Å²) in [6.07, 6.45) is 6.37. The summed E-state index contributed by atoms with van der Waals surface area (Å²) >= 11 is 0. The van der Waals surface area contributed by atoms with Gasteiger partial charge in [-0.05, 0) is 55.4 Å². The van der Waals surface area contributed by atoms with E-state index in [1.54, 1.807) is 0 Å². The molecule has 1 heterocycles. The fourth-order valence-corrected chi connectivity index (χ4v) is 3.02. The predicted molar refractivity (Wildman–Crippen MR) is 73.4 cm³/mol. The van der Waals surface area contributed by atoms with Crippen molar-refractivity contribution in [2.24, 2.45) is 0 Å². The molecule has 3 heteroatoms. The van der Waals surface area contributed by atoms with Crippen molar-refractivity contribution < 1.29 is 14.6 Å². The molecule has 104 valence electrons. The maximum absolute atomic E-state index is 10.0. The van der Waals surface area contributed by atoms with Gasteiger partial charge < -0.3 is 14.6 Å². The van der Waals surface area contributed by atoms with E-state index in [4.69, 9.17) is 9.47 Å². The number of benzene rings is 1. The highest BCUT2D eigenvalue weighted by Gasteiger charge is 2.19. The second-order valence-corrected chi connectivity index (χ2v) is 5.54. The van der Waals surface area contributed by atoms with Gasteiger partial charge in [0.1, 0.15) is 5.75 Å². The number of rotatable bonds is 4. The van der Waals surface area contributed by atoms with E-state index in [-0.39, 0.29) is 6.10 Å². The van der Waals surface area contributed by atoms with Crippen molar-refractivity contribution in [3.05, 3.63) is 29.3 Å². The van der Waals surface area contributed by atoms with Crippen molar-refractivity contribution >= 4 is 0 Å². The van der Waals surface area contributed by atoms with Crippen LogP contribution in [0.5, 0.6) is 5.75 Å². The van der Waals surface area contributed by atoms with E-state index in [2.05, 4.69) is 6.07 Å². The minimum absolute atomic E-state index is 0.314. The molecule has 1 aliphatic heterocycles. The van der Waals surface area contributed by atoms with Crippen molar-refractivity contribution in [3.8, 4) is 5.75 Å². The molecule has 3 nitrogen and oxygen atoms in total. The summed E-state index contributed by atoms with van der Waals surface area (Å²) in [7, 11) is 0. The highest BCUT2D eigenvalue weighted by atomic mass is 16.5. The standard InChI is InChI=1S/C16H22O3/c17-16-5-1-3-12-6-7-14(11-15(12)16)19-10-8-13-4-2-9-18-13/h6-7,11,13,16-17H,1-5,8-10H2. The average Bonchev–Trinajstić information content (AvgIpc) is 2.93. The van der Waals surface area contributed by atoms with Crippen LogP contribution in [0.2, 0.25) is 0 Å². The lowest BCUT2D eigenvalue weighted by molar-refractivity contribution is 0.0902. The van der Waals surface area contributed by atoms with Gasteiger partial charge in [-0.15, -0.1) is 0 Å². The highest BCUT2D eigenvalue weighted by Crippen LogP contribution is 2.32. The molecule has 2 unspecified atom stereocenters. The first-order valence-corrected chi connectivity index (χ1v) is 7.38. The largest absolute Gasteiger partial charge is 0.493 e. The summed E-state index contributed by atoms with van der Waals surface area (Å²) in [5.74, 6) is 0.873. The third kappa shape index (κ3) is 3.10. The zero-order chi connectivity index (χ0) is 13.1. The lowest BCUT2D eigenvalue weighted by Gasteiger charge is -2.22. The van der Waals surface area contributed by atoms with E-state index < -0.39 is 0 Å². The molecule has 2 atom stereocenters. The smallest absolute Gasteiger partial charge is 0.119 e. The Hall–Kier alpha value is -1.06. The van der Waals surface area contributed by atoms with Gasteiger partial charge in [-0.3, -0.25) is 0 Å². The van der Waals surface area contributed by atoms with Gasteiger partial charge in [-0.25, -0.2) is 0 Å². The van der Waals surface area contributed by atoms with Crippen molar-refractivity contribution in [1.29, 1.82) is 0 Å². The van der Waals surface area contributed by atoms with E-state index >= 15 is 0 Å². The van der Waals surface area contributed by atoms with Crippen LogP contribution < -0.4 is 4.74 Å². The Kier molecular flexibility index (Phi) is 4.04. The van der Waals surface area contributed by atoms with Gasteiger partial charge in [-0.2, -0.15) is 0 Å². The van der Waals surface area contributed by atoms with Crippen molar-refractivity contribution in [1.82, 2.24) is 0 Å². The molecule has 0 saturated carbocycles. The SMILES string of the molecule is OC1CCCc2ccc(OCCC3CCCO3)cc21. The zero-order valence-electron chi connectivity index (χ0n) is 11.3. The minimum Gasteiger partial charge on any atom is -0.493 e. The fourth-order valence-electron chi connectivity index (χ4n) is 3.02. The molecular weight excluding hydrogens is 240 g/mol. The summed E-state index contributed by atoms with van der Waals surface area (Å²) in [6.45, 7) is 1.59. The number of hydrogen-bond acceptors (Lipinski definition) is 3. The number of ether oxygens (including phenoxy) is 2. The maximum atomic E-state index is 10.0. The first-order valence-electron chi connectivity index (χ1n) is 7.38. The first-order chi connectivity index (χ1) is 9.33. The highest BCUT2D eigenvalue weighted by molar-refractivity contribution is 5.38. The summed E-state index contributed by atoms with van der Waals surface area (Å²) in [6, 6.07) is 6.13. The van der Waals surface area contributed by atoms with Gasteiger partial charge in [0.2, 0.25) is 0 Å². The molecule has 0 radical (unpaired) electrons. The van der Waals surface area contributed by atoms with Crippen LogP contribution in [-0.4, -0.2) is 24.4 Å². The Morgan fingerprint density at radius 3 is 3.05 bits per heavy atom. The Morgan fingerprint density at radius 2 is 2.21 bits per heavy atom. The van der Waals surface area contributed by atoms with Gasteiger partial charge in [0, 0.05) is 13.0 Å². The Morgan fingerprint density at radius 1 is 1.26 bits per heavy atom. The van der Waals surface area contributed by atoms with Gasteiger partial charge in [-0.1, -0.05) is 6.07 Å². The summed E-state index contributed by atoms with van der Waals surface area (Å²) in [4.78, 5) is 0. The molecule has 3 rings (SSSR count). The van der Waals surface area contributed by atoms with E-state index in [1.165, 1.54) is 12.0 Å². The normalized spacial score (nSPS) is 26.2. The molecule has 19 heavy (non-hydrogen) atoms. The second kappa shape index (κ2) is 5.93. The van der Waals surface area contributed by atoms with E-state index in [0.29, 0.717) is 12.7 Å². The molecule has 0 aromatic heterocycles. The summed E-state index contributed by atoms with van der Waals surface area (Å²) in [5, 5.41) is 10.0. The van der Waals surface area contributed by atoms with Gasteiger partial charge in [0.05, 0.1) is 18.8 Å². The third-order valence-electron chi connectivity index (χ3n) is 4.13. The molecule has 1 aliphatic carbocycles. The molecule has 1 saturated heterocycles. The van der Waals surface area contributed by atoms with E-state index in [1.807, 2.05) is 12.1 Å². The van der Waals surface area contributed by atoms with Crippen molar-refractivity contribution in [2.45, 2.75) is 50.7 Å². The van der Waals surface area contributed by atoms with Gasteiger partial charge in [0.25, 0.3) is 0 Å². The predicted octanol–water partition coefficient (Wildman–Crippen LogP) is 3.00. The lowest BCUT2D eigenvalue weighted by Crippen LogP contribution is -2.12. The van der Waals surface area contributed by atoms with Crippen LogP contribution in [0, 0.1) is 0 Å². The molecule has 0 bridgehead atoms. The fraction of sp³-hybridized carbons (Fsp3) is 0.625. The number of aryl methyl sites for hydroxylation is 1. The van der Waals surface area contributed by atoms with Crippen LogP contribution in [-0.2, 0) is 11.2 Å². The van der Waals surface area contributed by atoms with Gasteiger partial charge >= 0.3 is 0 Å². The average molecular weight is 262 g/mol. The van der Waals surface area contributed by atoms with Crippen LogP contribution in [0.1, 0.15) is 49.3 Å². The van der Waals surface area contributed by atoms with Crippen LogP contribution >= 0.6 is 0 Å². The number of aliphatic hydroxyl groups is 1. The monoisotopic (exact) mass is 262 g/mol. The molecule has 2 aliphatic rings. The van der Waals surface area contributed by atoms with Crippen LogP contribution in [0.3, 0.4) is 0 Å². The third-order valence-corrected chi connectivity index (χ3v) is 4.13. The first kappa shape index (κ1) is 12.9. The summed E-state index contributed by atoms with van der Waals surface area (Å²) in [5.41, 5.74) is 2.33. The zero-order valence-corrected chi connectivity index (χ0v) is 11.3. The summed E-state index contributed by atoms with van der Waals surface area (Å²) < 4.78 is 11.4. The van der Waals surface area contributed by atoms with Gasteiger partial charge in [0.15, 0.2) is 0 Å². The second-order valence-electron chi connectivity index (χ2n) is 5.54. The minimum atomic E-state index is -0.314. The number of hydrogen-bond donors (Lipinski definition) is 1. The van der Waals surface area contributed by atoms with E-state index in [9.17, 15) is 5.11 Å². The molecule has 1 fully saturated rings. The lowest BCUT2D eigenvalue weighted by atomic mass is 9.89. The van der Waals surface area contributed by atoms with Crippen molar-refractivity contribution in [3.63, 3.8) is 0 Å². The molecule has 0 spiro atoms. The van der Waals surface area contributed by atoms with Crippen LogP contribution in [0.25, 0.3) is 0 Å². The molecule has 1 aromatic carbocycles. The Balaban J connectivity index is 1.57.